The molecule has 0 fully saturated rings. The van der Waals surface area contributed by atoms with E-state index in [-0.39, 0.29) is 17.6 Å². The number of hydrogen-bond acceptors (Lipinski definition) is 5. The summed E-state index contributed by atoms with van der Waals surface area (Å²) in [7, 11) is 1.85. The number of hydrogen-bond donors (Lipinski definition) is 0. The van der Waals surface area contributed by atoms with Crippen molar-refractivity contribution in [2.75, 3.05) is 6.26 Å². The molecule has 0 amide bonds. The molecule has 7 heteroatoms. The highest BCUT2D eigenvalue weighted by Crippen LogP contribution is 2.32. The summed E-state index contributed by atoms with van der Waals surface area (Å²) in [5.41, 5.74) is 1.35. The number of nitrogens with zero attached hydrogens (tertiary/aromatic N) is 4. The SMILES string of the molecule is CSc1cccc(F)c1-c1noc(C(C)c2cnn(C)c2)n1. The van der Waals surface area contributed by atoms with E-state index in [4.69, 9.17) is 4.52 Å². The van der Waals surface area contributed by atoms with Crippen molar-refractivity contribution in [2.45, 2.75) is 17.7 Å². The van der Waals surface area contributed by atoms with Crippen LogP contribution in [0.5, 0.6) is 0 Å². The summed E-state index contributed by atoms with van der Waals surface area (Å²) in [4.78, 5) is 5.15. The summed E-state index contributed by atoms with van der Waals surface area (Å²) < 4.78 is 21.2. The molecule has 2 aromatic heterocycles. The molecule has 114 valence electrons. The fraction of sp³-hybridized carbons (Fsp3) is 0.267. The van der Waals surface area contributed by atoms with E-state index in [0.717, 1.165) is 10.5 Å². The van der Waals surface area contributed by atoms with Gasteiger partial charge in [0.15, 0.2) is 0 Å². The van der Waals surface area contributed by atoms with Crippen LogP contribution in [0.4, 0.5) is 4.39 Å². The first kappa shape index (κ1) is 14.8. The molecule has 1 unspecified atom stereocenters. The van der Waals surface area contributed by atoms with E-state index in [2.05, 4.69) is 15.2 Å². The highest BCUT2D eigenvalue weighted by atomic mass is 32.2. The summed E-state index contributed by atoms with van der Waals surface area (Å²) in [6.45, 7) is 1.95. The van der Waals surface area contributed by atoms with Gasteiger partial charge in [-0.05, 0) is 25.3 Å². The largest absolute Gasteiger partial charge is 0.338 e. The van der Waals surface area contributed by atoms with E-state index in [9.17, 15) is 4.39 Å². The Morgan fingerprint density at radius 3 is 2.86 bits per heavy atom. The van der Waals surface area contributed by atoms with Gasteiger partial charge >= 0.3 is 0 Å². The van der Waals surface area contributed by atoms with Crippen molar-refractivity contribution in [1.82, 2.24) is 19.9 Å². The quantitative estimate of drug-likeness (QED) is 0.689. The highest BCUT2D eigenvalue weighted by molar-refractivity contribution is 7.98. The van der Waals surface area contributed by atoms with Crippen molar-refractivity contribution in [1.29, 1.82) is 0 Å². The first-order valence-corrected chi connectivity index (χ1v) is 7.97. The van der Waals surface area contributed by atoms with Crippen LogP contribution in [0.3, 0.4) is 0 Å². The summed E-state index contributed by atoms with van der Waals surface area (Å²) >= 11 is 1.45. The normalized spacial score (nSPS) is 12.5. The molecule has 0 saturated heterocycles. The van der Waals surface area contributed by atoms with Gasteiger partial charge in [0.25, 0.3) is 0 Å². The summed E-state index contributed by atoms with van der Waals surface area (Å²) in [5, 5.41) is 8.08. The second kappa shape index (κ2) is 5.92. The van der Waals surface area contributed by atoms with Crippen LogP contribution >= 0.6 is 11.8 Å². The van der Waals surface area contributed by atoms with Crippen molar-refractivity contribution in [3.05, 3.63) is 47.9 Å². The third kappa shape index (κ3) is 2.64. The lowest BCUT2D eigenvalue weighted by Gasteiger charge is -2.04. The Morgan fingerprint density at radius 2 is 2.18 bits per heavy atom. The number of benzene rings is 1. The Kier molecular flexibility index (Phi) is 3.98. The molecular weight excluding hydrogens is 303 g/mol. The lowest BCUT2D eigenvalue weighted by Crippen LogP contribution is -1.96. The van der Waals surface area contributed by atoms with Gasteiger partial charge in [-0.2, -0.15) is 10.1 Å². The number of aryl methyl sites for hydroxylation is 1. The van der Waals surface area contributed by atoms with Gasteiger partial charge in [-0.15, -0.1) is 11.8 Å². The molecule has 0 saturated carbocycles. The fourth-order valence-corrected chi connectivity index (χ4v) is 2.82. The smallest absolute Gasteiger partial charge is 0.234 e. The van der Waals surface area contributed by atoms with E-state index < -0.39 is 0 Å². The monoisotopic (exact) mass is 318 g/mol. The first-order valence-electron chi connectivity index (χ1n) is 6.75. The fourth-order valence-electron chi connectivity index (χ4n) is 2.21. The van der Waals surface area contributed by atoms with E-state index >= 15 is 0 Å². The second-order valence-corrected chi connectivity index (χ2v) is 5.79. The molecule has 0 radical (unpaired) electrons. The third-order valence-corrected chi connectivity index (χ3v) is 4.24. The van der Waals surface area contributed by atoms with Gasteiger partial charge in [0.05, 0.1) is 17.7 Å². The summed E-state index contributed by atoms with van der Waals surface area (Å²) in [5.74, 6) is 0.263. The second-order valence-electron chi connectivity index (χ2n) is 4.94. The maximum Gasteiger partial charge on any atom is 0.234 e. The Balaban J connectivity index is 1.98. The van der Waals surface area contributed by atoms with E-state index in [1.807, 2.05) is 32.5 Å². The number of thioether (sulfide) groups is 1. The highest BCUT2D eigenvalue weighted by Gasteiger charge is 2.21. The minimum Gasteiger partial charge on any atom is -0.338 e. The maximum absolute atomic E-state index is 14.1. The molecule has 3 aromatic rings. The predicted octanol–water partition coefficient (Wildman–Crippen LogP) is 3.48. The summed E-state index contributed by atoms with van der Waals surface area (Å²) in [6.07, 6.45) is 5.54. The van der Waals surface area contributed by atoms with Crippen LogP contribution in [0, 0.1) is 5.82 Å². The van der Waals surface area contributed by atoms with Crippen LogP contribution in [0.2, 0.25) is 0 Å². The lowest BCUT2D eigenvalue weighted by atomic mass is 10.1. The van der Waals surface area contributed by atoms with Gasteiger partial charge in [-0.3, -0.25) is 4.68 Å². The molecule has 3 rings (SSSR count). The van der Waals surface area contributed by atoms with Gasteiger partial charge < -0.3 is 4.52 Å². The van der Waals surface area contributed by atoms with Crippen LogP contribution in [-0.2, 0) is 7.05 Å². The van der Waals surface area contributed by atoms with Gasteiger partial charge in [-0.25, -0.2) is 4.39 Å². The Labute approximate surface area is 131 Å². The van der Waals surface area contributed by atoms with Crippen molar-refractivity contribution in [3.8, 4) is 11.4 Å². The standard InChI is InChI=1S/C15H15FN4OS/c1-9(10-7-17-20(2)8-10)15-18-14(19-21-15)13-11(16)5-4-6-12(13)22-3/h4-9H,1-3H3. The molecule has 0 bridgehead atoms. The molecule has 0 aliphatic carbocycles. The molecule has 1 atom stereocenters. The summed E-state index contributed by atoms with van der Waals surface area (Å²) in [6, 6.07) is 4.91. The Morgan fingerprint density at radius 1 is 1.36 bits per heavy atom. The van der Waals surface area contributed by atoms with E-state index in [1.165, 1.54) is 17.8 Å². The van der Waals surface area contributed by atoms with E-state index in [0.29, 0.717) is 11.5 Å². The molecule has 0 N–H and O–H groups in total. The van der Waals surface area contributed by atoms with Crippen LogP contribution in [0.15, 0.2) is 40.0 Å². The molecular formula is C15H15FN4OS. The number of aromatic nitrogens is 4. The zero-order valence-corrected chi connectivity index (χ0v) is 13.3. The van der Waals surface area contributed by atoms with Crippen molar-refractivity contribution < 1.29 is 8.91 Å². The minimum atomic E-state index is -0.353. The zero-order valence-electron chi connectivity index (χ0n) is 12.4. The molecule has 22 heavy (non-hydrogen) atoms. The van der Waals surface area contributed by atoms with Crippen LogP contribution in [-0.4, -0.2) is 26.2 Å². The van der Waals surface area contributed by atoms with Crippen molar-refractivity contribution in [2.24, 2.45) is 7.05 Å². The zero-order chi connectivity index (χ0) is 15.7. The van der Waals surface area contributed by atoms with Crippen molar-refractivity contribution in [3.63, 3.8) is 0 Å². The predicted molar refractivity (Wildman–Crippen MR) is 82.2 cm³/mol. The maximum atomic E-state index is 14.1. The van der Waals surface area contributed by atoms with Gasteiger partial charge in [-0.1, -0.05) is 11.2 Å². The lowest BCUT2D eigenvalue weighted by molar-refractivity contribution is 0.370. The molecule has 0 spiro atoms. The average molecular weight is 318 g/mol. The van der Waals surface area contributed by atoms with Gasteiger partial charge in [0, 0.05) is 23.7 Å². The van der Waals surface area contributed by atoms with Crippen LogP contribution in [0.1, 0.15) is 24.3 Å². The van der Waals surface area contributed by atoms with Crippen LogP contribution in [0.25, 0.3) is 11.4 Å². The Bertz CT molecular complexity index is 798. The Hall–Kier alpha value is -2.15. The molecule has 5 nitrogen and oxygen atoms in total. The van der Waals surface area contributed by atoms with Crippen LogP contribution < -0.4 is 0 Å². The number of halogens is 1. The first-order chi connectivity index (χ1) is 10.6. The van der Waals surface area contributed by atoms with Gasteiger partial charge in [0.2, 0.25) is 11.7 Å². The topological polar surface area (TPSA) is 56.7 Å². The van der Waals surface area contributed by atoms with Gasteiger partial charge in [0.1, 0.15) is 5.82 Å². The third-order valence-electron chi connectivity index (χ3n) is 3.46. The average Bonchev–Trinajstić information content (AvgIpc) is 3.15. The molecule has 2 heterocycles. The van der Waals surface area contributed by atoms with E-state index in [1.54, 1.807) is 16.9 Å². The molecule has 0 aliphatic rings. The molecule has 0 aliphatic heterocycles. The van der Waals surface area contributed by atoms with Crippen molar-refractivity contribution >= 4 is 11.8 Å². The number of rotatable bonds is 4. The minimum absolute atomic E-state index is 0.0977. The molecule has 1 aromatic carbocycles.